The van der Waals surface area contributed by atoms with E-state index < -0.39 is 39.1 Å². The monoisotopic (exact) mass is 632 g/mol. The lowest BCUT2D eigenvalue weighted by Crippen LogP contribution is -2.33. The molecule has 0 spiro atoms. The molecule has 2 aromatic carbocycles. The van der Waals surface area contributed by atoms with Crippen LogP contribution in [0.1, 0.15) is 67.3 Å². The highest BCUT2D eigenvalue weighted by molar-refractivity contribution is 7.89. The molecule has 236 valence electrons. The van der Waals surface area contributed by atoms with Crippen LogP contribution in [0, 0.1) is 18.3 Å². The van der Waals surface area contributed by atoms with Crippen LogP contribution >= 0.6 is 0 Å². The van der Waals surface area contributed by atoms with Crippen LogP contribution in [-0.2, 0) is 47.6 Å². The number of carboxylic acids is 1. The molecule has 1 unspecified atom stereocenters. The van der Waals surface area contributed by atoms with E-state index in [1.54, 1.807) is 31.6 Å². The molecule has 2 aromatic heterocycles. The molecule has 5 rings (SSSR count). The predicted octanol–water partition coefficient (Wildman–Crippen LogP) is 5.14. The van der Waals surface area contributed by atoms with Gasteiger partial charge >= 0.3 is 12.1 Å². The van der Waals surface area contributed by atoms with Gasteiger partial charge in [-0.1, -0.05) is 24.3 Å². The maximum absolute atomic E-state index is 13.8. The number of carbonyl (C=O) groups is 1. The number of alkyl halides is 3. The number of fused-ring (bicyclic) bond motifs is 2. The highest BCUT2D eigenvalue weighted by Crippen LogP contribution is 2.43. The summed E-state index contributed by atoms with van der Waals surface area (Å²) in [6.07, 6.45) is -4.39. The Bertz CT molecular complexity index is 1860. The third-order valence-corrected chi connectivity index (χ3v) is 10.5. The van der Waals surface area contributed by atoms with Crippen molar-refractivity contribution in [2.24, 2.45) is 18.4 Å². The van der Waals surface area contributed by atoms with Crippen molar-refractivity contribution in [1.82, 2.24) is 29.1 Å². The van der Waals surface area contributed by atoms with Gasteiger partial charge in [-0.25, -0.2) is 13.1 Å². The largest absolute Gasteiger partial charge is 0.481 e. The standard InChI is InChI=1S/C30H35F3N6O4S/c1-7-39-24-11-10-22(18(3)27(24)34-36-39)26(29(4,5)28(40)41)23-14-21(37(6)35-23)16-38-15-17(2)12-19-8-9-20(30(31,32)33)13-25(19)44(38,42)43/h8-11,13-14,17,26H,7,12,15-16H2,1-6H3,(H,40,41)/t17-,26?/m0/s1. The summed E-state index contributed by atoms with van der Waals surface area (Å²) in [5, 5.41) is 23.5. The van der Waals surface area contributed by atoms with E-state index in [9.17, 15) is 31.5 Å². The third kappa shape index (κ3) is 5.38. The van der Waals surface area contributed by atoms with Gasteiger partial charge in [0.1, 0.15) is 5.52 Å². The van der Waals surface area contributed by atoms with Crippen LogP contribution in [0.5, 0.6) is 0 Å². The lowest BCUT2D eigenvalue weighted by Gasteiger charge is -2.30. The fourth-order valence-electron chi connectivity index (χ4n) is 6.08. The molecular weight excluding hydrogens is 597 g/mol. The topological polar surface area (TPSA) is 123 Å². The number of aryl methyl sites for hydroxylation is 3. The molecule has 0 radical (unpaired) electrons. The number of aromatic nitrogens is 5. The van der Waals surface area contributed by atoms with Crippen LogP contribution in [0.15, 0.2) is 41.3 Å². The lowest BCUT2D eigenvalue weighted by atomic mass is 9.72. The molecule has 0 saturated carbocycles. The average Bonchev–Trinajstić information content (AvgIpc) is 3.49. The van der Waals surface area contributed by atoms with Crippen molar-refractivity contribution in [3.63, 3.8) is 0 Å². The second-order valence-electron chi connectivity index (χ2n) is 12.1. The van der Waals surface area contributed by atoms with Gasteiger partial charge in [-0.15, -0.1) is 5.10 Å². The first-order chi connectivity index (χ1) is 20.5. The van der Waals surface area contributed by atoms with E-state index in [1.165, 1.54) is 15.1 Å². The van der Waals surface area contributed by atoms with Crippen molar-refractivity contribution in [3.05, 3.63) is 70.0 Å². The Balaban J connectivity index is 1.58. The van der Waals surface area contributed by atoms with Crippen molar-refractivity contribution in [2.45, 2.75) is 71.1 Å². The number of hydrogen-bond acceptors (Lipinski definition) is 6. The molecule has 0 aliphatic carbocycles. The fraction of sp³-hybridized carbons (Fsp3) is 0.467. The molecule has 14 heteroatoms. The second-order valence-corrected chi connectivity index (χ2v) is 14.0. The number of halogens is 3. The van der Waals surface area contributed by atoms with Gasteiger partial charge in [0.25, 0.3) is 0 Å². The van der Waals surface area contributed by atoms with Gasteiger partial charge in [0, 0.05) is 26.1 Å². The molecule has 1 aliphatic rings. The number of aliphatic carboxylic acids is 1. The van der Waals surface area contributed by atoms with Crippen LogP contribution < -0.4 is 0 Å². The van der Waals surface area contributed by atoms with E-state index >= 15 is 0 Å². The Morgan fingerprint density at radius 2 is 1.86 bits per heavy atom. The molecule has 3 heterocycles. The molecule has 0 fully saturated rings. The van der Waals surface area contributed by atoms with Gasteiger partial charge in [-0.05, 0) is 81.0 Å². The molecule has 44 heavy (non-hydrogen) atoms. The molecular formula is C30H35F3N6O4S. The minimum atomic E-state index is -4.69. The van der Waals surface area contributed by atoms with E-state index in [2.05, 4.69) is 15.4 Å². The summed E-state index contributed by atoms with van der Waals surface area (Å²) in [7, 11) is -2.67. The SMILES string of the molecule is CCn1nnc2c(C)c(C(c3cc(CN4C[C@@H](C)Cc5ccc(C(F)(F)F)cc5S4(=O)=O)n(C)n3)C(C)(C)C(=O)O)ccc21. The Hall–Kier alpha value is -3.78. The number of rotatable bonds is 7. The van der Waals surface area contributed by atoms with Crippen LogP contribution in [-0.4, -0.2) is 55.1 Å². The van der Waals surface area contributed by atoms with Crippen LogP contribution in [0.4, 0.5) is 13.2 Å². The Labute approximate surface area is 253 Å². The smallest absolute Gasteiger partial charge is 0.416 e. The Morgan fingerprint density at radius 1 is 1.16 bits per heavy atom. The van der Waals surface area contributed by atoms with Crippen molar-refractivity contribution in [3.8, 4) is 0 Å². The quantitative estimate of drug-likeness (QED) is 0.299. The van der Waals surface area contributed by atoms with Crippen LogP contribution in [0.2, 0.25) is 0 Å². The molecule has 0 saturated heterocycles. The predicted molar refractivity (Wildman–Crippen MR) is 156 cm³/mol. The summed E-state index contributed by atoms with van der Waals surface area (Å²) in [6.45, 7) is 9.42. The number of nitrogens with zero attached hydrogens (tertiary/aromatic N) is 6. The van der Waals surface area contributed by atoms with E-state index in [-0.39, 0.29) is 23.9 Å². The first kappa shape index (κ1) is 31.6. The zero-order valence-corrected chi connectivity index (χ0v) is 26.2. The zero-order chi connectivity index (χ0) is 32.4. The van der Waals surface area contributed by atoms with Gasteiger partial charge in [-0.2, -0.15) is 22.6 Å². The maximum atomic E-state index is 13.8. The molecule has 4 aromatic rings. The lowest BCUT2D eigenvalue weighted by molar-refractivity contribution is -0.147. The summed E-state index contributed by atoms with van der Waals surface area (Å²) >= 11 is 0. The number of sulfonamides is 1. The van der Waals surface area contributed by atoms with Gasteiger partial charge in [0.05, 0.1) is 39.3 Å². The number of hydrogen-bond donors (Lipinski definition) is 1. The van der Waals surface area contributed by atoms with E-state index in [1.807, 2.05) is 32.9 Å². The first-order valence-electron chi connectivity index (χ1n) is 14.3. The van der Waals surface area contributed by atoms with E-state index in [0.717, 1.165) is 17.1 Å². The van der Waals surface area contributed by atoms with Gasteiger partial charge in [0.2, 0.25) is 10.0 Å². The van der Waals surface area contributed by atoms with Crippen LogP contribution in [0.3, 0.4) is 0 Å². The van der Waals surface area contributed by atoms with Gasteiger partial charge < -0.3 is 5.11 Å². The molecule has 2 atom stereocenters. The van der Waals surface area contributed by atoms with Crippen molar-refractivity contribution in [2.75, 3.05) is 6.54 Å². The highest BCUT2D eigenvalue weighted by Gasteiger charge is 2.42. The minimum absolute atomic E-state index is 0.0891. The summed E-state index contributed by atoms with van der Waals surface area (Å²) < 4.78 is 72.6. The van der Waals surface area contributed by atoms with Crippen molar-refractivity contribution in [1.29, 1.82) is 0 Å². The fourth-order valence-corrected chi connectivity index (χ4v) is 7.87. The number of benzene rings is 2. The molecule has 10 nitrogen and oxygen atoms in total. The summed E-state index contributed by atoms with van der Waals surface area (Å²) in [5.74, 6) is -1.96. The van der Waals surface area contributed by atoms with E-state index in [4.69, 9.17) is 0 Å². The second kappa shape index (κ2) is 11.0. The molecule has 0 amide bonds. The van der Waals surface area contributed by atoms with Crippen molar-refractivity contribution < 1.29 is 31.5 Å². The molecule has 0 bridgehead atoms. The van der Waals surface area contributed by atoms with Gasteiger partial charge in [0.15, 0.2) is 0 Å². The molecule has 1 aliphatic heterocycles. The zero-order valence-electron chi connectivity index (χ0n) is 25.3. The summed E-state index contributed by atoms with van der Waals surface area (Å²) in [6, 6.07) is 8.26. The minimum Gasteiger partial charge on any atom is -0.481 e. The average molecular weight is 633 g/mol. The maximum Gasteiger partial charge on any atom is 0.416 e. The van der Waals surface area contributed by atoms with Gasteiger partial charge in [-0.3, -0.25) is 9.48 Å². The van der Waals surface area contributed by atoms with Crippen molar-refractivity contribution >= 4 is 27.0 Å². The third-order valence-electron chi connectivity index (χ3n) is 8.59. The summed E-state index contributed by atoms with van der Waals surface area (Å²) in [5.41, 5.74) is 1.78. The normalized spacial score (nSPS) is 18.2. The highest BCUT2D eigenvalue weighted by atomic mass is 32.2. The summed E-state index contributed by atoms with van der Waals surface area (Å²) in [4.78, 5) is 12.2. The molecule has 1 N–H and O–H groups in total. The number of carboxylic acid groups (broad SMARTS) is 1. The Kier molecular flexibility index (Phi) is 7.90. The first-order valence-corrected chi connectivity index (χ1v) is 15.7. The van der Waals surface area contributed by atoms with E-state index in [0.29, 0.717) is 47.1 Å². The Morgan fingerprint density at radius 3 is 2.50 bits per heavy atom. The van der Waals surface area contributed by atoms with Crippen LogP contribution in [0.25, 0.3) is 11.0 Å².